The van der Waals surface area contributed by atoms with Crippen LogP contribution >= 0.6 is 11.8 Å². The number of hydrogen-bond donors (Lipinski definition) is 1. The predicted molar refractivity (Wildman–Crippen MR) is 129 cm³/mol. The fourth-order valence-corrected chi connectivity index (χ4v) is 3.95. The van der Waals surface area contributed by atoms with Gasteiger partial charge in [-0.15, -0.1) is 11.8 Å². The number of aromatic nitrogens is 3. The maximum absolute atomic E-state index is 14.3. The summed E-state index contributed by atoms with van der Waals surface area (Å²) in [5.74, 6) is -2.29. The lowest BCUT2D eigenvalue weighted by atomic mass is 10.1. The Bertz CT molecular complexity index is 1340. The highest BCUT2D eigenvalue weighted by atomic mass is 32.2. The summed E-state index contributed by atoms with van der Waals surface area (Å²) < 4.78 is 16.1. The van der Waals surface area contributed by atoms with Crippen molar-refractivity contribution < 1.29 is 19.1 Å². The molecule has 0 saturated carbocycles. The van der Waals surface area contributed by atoms with Crippen LogP contribution in [0.15, 0.2) is 90.2 Å². The lowest BCUT2D eigenvalue weighted by Gasteiger charge is -2.03. The number of carbonyl (C=O) groups excluding carboxylic acids is 1. The van der Waals surface area contributed by atoms with E-state index in [1.807, 2.05) is 48.7 Å². The third-order valence-corrected chi connectivity index (χ3v) is 5.93. The standard InChI is InChI=1S/C26H20FN3O3S/c27-22-13-19(9-11-24(22)34-17-25(32)33)23(31)10-8-21-16-30(15-18-5-2-1-3-6-18)29-26(21)20-7-4-12-28-14-20/h1-14,16H,15,17H2,(H,32,33)/b10-8+. The lowest BCUT2D eigenvalue weighted by molar-refractivity contribution is -0.133. The van der Waals surface area contributed by atoms with Gasteiger partial charge in [0.15, 0.2) is 5.78 Å². The Labute approximate surface area is 199 Å². The largest absolute Gasteiger partial charge is 0.481 e. The van der Waals surface area contributed by atoms with Gasteiger partial charge in [0.2, 0.25) is 0 Å². The normalized spacial score (nSPS) is 11.1. The average molecular weight is 474 g/mol. The Kier molecular flexibility index (Phi) is 7.29. The Hall–Kier alpha value is -4.04. The van der Waals surface area contributed by atoms with Crippen LogP contribution in [0.25, 0.3) is 17.3 Å². The molecule has 2 aromatic heterocycles. The summed E-state index contributed by atoms with van der Waals surface area (Å²) in [7, 11) is 0. The third-order valence-electron chi connectivity index (χ3n) is 4.89. The number of halogens is 1. The molecule has 0 aliphatic rings. The Balaban J connectivity index is 1.58. The van der Waals surface area contributed by atoms with Crippen LogP contribution < -0.4 is 0 Å². The fraction of sp³-hybridized carbons (Fsp3) is 0.0769. The summed E-state index contributed by atoms with van der Waals surface area (Å²) in [5, 5.41) is 13.4. The summed E-state index contributed by atoms with van der Waals surface area (Å²) in [6.07, 6.45) is 8.27. The van der Waals surface area contributed by atoms with E-state index in [4.69, 9.17) is 10.2 Å². The molecular weight excluding hydrogens is 453 g/mol. The van der Waals surface area contributed by atoms with E-state index in [-0.39, 0.29) is 22.0 Å². The van der Waals surface area contributed by atoms with Crippen LogP contribution in [0.5, 0.6) is 0 Å². The van der Waals surface area contributed by atoms with Crippen LogP contribution in [-0.4, -0.2) is 37.4 Å². The van der Waals surface area contributed by atoms with Crippen LogP contribution in [0.4, 0.5) is 4.39 Å². The van der Waals surface area contributed by atoms with Gasteiger partial charge in [0.05, 0.1) is 12.3 Å². The van der Waals surface area contributed by atoms with Gasteiger partial charge in [-0.1, -0.05) is 30.3 Å². The van der Waals surface area contributed by atoms with E-state index in [0.29, 0.717) is 12.2 Å². The van der Waals surface area contributed by atoms with E-state index in [1.165, 1.54) is 18.2 Å². The minimum absolute atomic E-state index is 0.174. The Morgan fingerprint density at radius 3 is 2.62 bits per heavy atom. The first-order valence-electron chi connectivity index (χ1n) is 10.4. The summed E-state index contributed by atoms with van der Waals surface area (Å²) in [6, 6.07) is 17.6. The van der Waals surface area contributed by atoms with Gasteiger partial charge in [-0.25, -0.2) is 4.39 Å². The molecule has 0 saturated heterocycles. The predicted octanol–water partition coefficient (Wildman–Crippen LogP) is 5.21. The van der Waals surface area contributed by atoms with Gasteiger partial charge in [-0.2, -0.15) is 5.10 Å². The number of carbonyl (C=O) groups is 2. The molecule has 34 heavy (non-hydrogen) atoms. The molecule has 0 unspecified atom stereocenters. The number of carboxylic acids is 1. The minimum atomic E-state index is -1.04. The van der Waals surface area contributed by atoms with E-state index < -0.39 is 11.8 Å². The van der Waals surface area contributed by atoms with Gasteiger partial charge in [-0.3, -0.25) is 19.3 Å². The maximum Gasteiger partial charge on any atom is 0.313 e. The molecule has 0 atom stereocenters. The summed E-state index contributed by atoms with van der Waals surface area (Å²) in [4.78, 5) is 27.7. The number of allylic oxidation sites excluding steroid dienone is 1. The first-order chi connectivity index (χ1) is 16.5. The quantitative estimate of drug-likeness (QED) is 0.204. The number of thioether (sulfide) groups is 1. The number of nitrogens with zero attached hydrogens (tertiary/aromatic N) is 3. The Morgan fingerprint density at radius 1 is 1.09 bits per heavy atom. The molecule has 0 fully saturated rings. The van der Waals surface area contributed by atoms with Crippen molar-refractivity contribution >= 4 is 29.6 Å². The highest BCUT2D eigenvalue weighted by Gasteiger charge is 2.12. The molecule has 8 heteroatoms. The molecule has 0 aliphatic heterocycles. The highest BCUT2D eigenvalue weighted by Crippen LogP contribution is 2.25. The zero-order valence-electron chi connectivity index (χ0n) is 18.0. The Morgan fingerprint density at radius 2 is 1.91 bits per heavy atom. The van der Waals surface area contributed by atoms with Gasteiger partial charge in [-0.05, 0) is 48.0 Å². The van der Waals surface area contributed by atoms with Crippen molar-refractivity contribution in [3.05, 3.63) is 108 Å². The van der Waals surface area contributed by atoms with Gasteiger partial charge in [0, 0.05) is 40.2 Å². The first-order valence-corrected chi connectivity index (χ1v) is 11.4. The molecule has 170 valence electrons. The molecule has 2 heterocycles. The van der Waals surface area contributed by atoms with Gasteiger partial charge >= 0.3 is 5.97 Å². The van der Waals surface area contributed by atoms with Crippen molar-refractivity contribution in [2.24, 2.45) is 0 Å². The van der Waals surface area contributed by atoms with E-state index in [9.17, 15) is 14.0 Å². The number of carboxylic acid groups (broad SMARTS) is 1. The van der Waals surface area contributed by atoms with Crippen LogP contribution in [-0.2, 0) is 11.3 Å². The lowest BCUT2D eigenvalue weighted by Crippen LogP contribution is -2.00. The zero-order chi connectivity index (χ0) is 23.9. The number of ketones is 1. The second kappa shape index (κ2) is 10.7. The number of hydrogen-bond acceptors (Lipinski definition) is 5. The maximum atomic E-state index is 14.3. The monoisotopic (exact) mass is 473 g/mol. The summed E-state index contributed by atoms with van der Waals surface area (Å²) >= 11 is 0.868. The number of aliphatic carboxylic acids is 1. The average Bonchev–Trinajstić information content (AvgIpc) is 3.25. The smallest absolute Gasteiger partial charge is 0.313 e. The van der Waals surface area contributed by atoms with Crippen molar-refractivity contribution in [1.29, 1.82) is 0 Å². The van der Waals surface area contributed by atoms with Crippen LogP contribution in [0, 0.1) is 5.82 Å². The van der Waals surface area contributed by atoms with Crippen LogP contribution in [0.2, 0.25) is 0 Å². The molecule has 4 rings (SSSR count). The zero-order valence-corrected chi connectivity index (χ0v) is 18.8. The number of pyridine rings is 1. The molecule has 0 radical (unpaired) electrons. The SMILES string of the molecule is O=C(O)CSc1ccc(C(=O)/C=C/c2cn(Cc3ccccc3)nc2-c2cccnc2)cc1F. The second-order valence-electron chi connectivity index (χ2n) is 7.38. The van der Waals surface area contributed by atoms with E-state index in [0.717, 1.165) is 34.5 Å². The highest BCUT2D eigenvalue weighted by molar-refractivity contribution is 8.00. The van der Waals surface area contributed by atoms with Gasteiger partial charge in [0.25, 0.3) is 0 Å². The van der Waals surface area contributed by atoms with Crippen molar-refractivity contribution in [2.45, 2.75) is 11.4 Å². The van der Waals surface area contributed by atoms with Crippen molar-refractivity contribution in [2.75, 3.05) is 5.75 Å². The van der Waals surface area contributed by atoms with Gasteiger partial charge < -0.3 is 5.11 Å². The molecule has 0 bridgehead atoms. The molecule has 0 amide bonds. The molecule has 4 aromatic rings. The molecule has 6 nitrogen and oxygen atoms in total. The minimum Gasteiger partial charge on any atom is -0.481 e. The number of benzene rings is 2. The molecule has 0 spiro atoms. The fourth-order valence-electron chi connectivity index (χ4n) is 3.31. The van der Waals surface area contributed by atoms with Crippen molar-refractivity contribution in [1.82, 2.24) is 14.8 Å². The van der Waals surface area contributed by atoms with Gasteiger partial charge in [0.1, 0.15) is 11.5 Å². The van der Waals surface area contributed by atoms with Crippen LogP contribution in [0.3, 0.4) is 0 Å². The summed E-state index contributed by atoms with van der Waals surface area (Å²) in [5.41, 5.74) is 3.48. The topological polar surface area (TPSA) is 85.1 Å². The number of rotatable bonds is 9. The van der Waals surface area contributed by atoms with Crippen molar-refractivity contribution in [3.63, 3.8) is 0 Å². The van der Waals surface area contributed by atoms with Crippen molar-refractivity contribution in [3.8, 4) is 11.3 Å². The molecular formula is C26H20FN3O3S. The first kappa shape index (κ1) is 23.1. The molecule has 1 N–H and O–H groups in total. The summed E-state index contributed by atoms with van der Waals surface area (Å²) in [6.45, 7) is 0.566. The van der Waals surface area contributed by atoms with Crippen LogP contribution in [0.1, 0.15) is 21.5 Å². The van der Waals surface area contributed by atoms with E-state index >= 15 is 0 Å². The molecule has 0 aliphatic carbocycles. The second-order valence-corrected chi connectivity index (χ2v) is 8.40. The third kappa shape index (κ3) is 5.85. The van der Waals surface area contributed by atoms with E-state index in [1.54, 1.807) is 23.2 Å². The van der Waals surface area contributed by atoms with E-state index in [2.05, 4.69) is 4.98 Å². The molecule has 2 aromatic carbocycles.